The maximum Gasteiger partial charge on any atom is 0.251 e. The second-order valence-electron chi connectivity index (χ2n) is 7.17. The smallest absolute Gasteiger partial charge is 0.251 e. The van der Waals surface area contributed by atoms with Crippen molar-refractivity contribution in [3.8, 4) is 11.5 Å². The van der Waals surface area contributed by atoms with E-state index >= 15 is 0 Å². The van der Waals surface area contributed by atoms with Gasteiger partial charge in [-0.1, -0.05) is 6.07 Å². The lowest BCUT2D eigenvalue weighted by Crippen LogP contribution is -2.23. The zero-order chi connectivity index (χ0) is 22.7. The highest BCUT2D eigenvalue weighted by Gasteiger charge is 2.13. The number of carbonyl (C=O) groups is 1. The Morgan fingerprint density at radius 3 is 2.56 bits per heavy atom. The topological polar surface area (TPSA) is 65.4 Å². The molecule has 32 heavy (non-hydrogen) atoms. The van der Waals surface area contributed by atoms with Gasteiger partial charge in [-0.3, -0.25) is 4.79 Å². The van der Waals surface area contributed by atoms with Gasteiger partial charge in [-0.15, -0.1) is 0 Å². The molecule has 1 aromatic heterocycles. The number of hydrogen-bond acceptors (Lipinski definition) is 4. The van der Waals surface area contributed by atoms with Crippen LogP contribution in [0.5, 0.6) is 11.5 Å². The Morgan fingerprint density at radius 1 is 1.00 bits per heavy atom. The fraction of sp³-hybridized carbons (Fsp3) is 0.167. The van der Waals surface area contributed by atoms with Crippen molar-refractivity contribution in [1.29, 1.82) is 0 Å². The molecule has 0 bridgehead atoms. The van der Waals surface area contributed by atoms with E-state index in [1.54, 1.807) is 55.4 Å². The van der Waals surface area contributed by atoms with Crippen LogP contribution in [-0.2, 0) is 13.1 Å². The number of rotatable bonds is 7. The van der Waals surface area contributed by atoms with E-state index in [0.717, 1.165) is 11.6 Å². The molecule has 4 rings (SSSR count). The lowest BCUT2D eigenvalue weighted by atomic mass is 10.1. The fourth-order valence-electron chi connectivity index (χ4n) is 3.43. The summed E-state index contributed by atoms with van der Waals surface area (Å²) in [6.45, 7) is 0.431. The van der Waals surface area contributed by atoms with Gasteiger partial charge in [0.25, 0.3) is 5.91 Å². The molecule has 0 aliphatic carbocycles. The van der Waals surface area contributed by atoms with E-state index in [-0.39, 0.29) is 19.0 Å². The summed E-state index contributed by atoms with van der Waals surface area (Å²) in [6, 6.07) is 13.9. The van der Waals surface area contributed by atoms with Gasteiger partial charge in [-0.05, 0) is 36.4 Å². The predicted octanol–water partition coefficient (Wildman–Crippen LogP) is 4.31. The van der Waals surface area contributed by atoms with Gasteiger partial charge >= 0.3 is 0 Å². The number of halogens is 2. The van der Waals surface area contributed by atoms with E-state index in [9.17, 15) is 13.6 Å². The molecule has 0 aliphatic rings. The summed E-state index contributed by atoms with van der Waals surface area (Å²) in [6.07, 6.45) is 1.57. The summed E-state index contributed by atoms with van der Waals surface area (Å²) in [7, 11) is 3.13. The largest absolute Gasteiger partial charge is 0.497 e. The van der Waals surface area contributed by atoms with Crippen molar-refractivity contribution < 1.29 is 23.0 Å². The molecule has 0 saturated heterocycles. The molecule has 1 amide bonds. The number of nitrogens with one attached hydrogen (secondary N) is 1. The molecule has 164 valence electrons. The number of carbonyl (C=O) groups excluding carboxylic acids is 1. The summed E-state index contributed by atoms with van der Waals surface area (Å²) in [5.41, 5.74) is 2.90. The van der Waals surface area contributed by atoms with Crippen molar-refractivity contribution in [1.82, 2.24) is 14.9 Å². The molecule has 0 unspecified atom stereocenters. The molecule has 0 fully saturated rings. The minimum absolute atomic E-state index is 0.163. The number of amides is 1. The second-order valence-corrected chi connectivity index (χ2v) is 7.17. The van der Waals surface area contributed by atoms with Crippen LogP contribution in [0.4, 0.5) is 8.78 Å². The Morgan fingerprint density at radius 2 is 1.81 bits per heavy atom. The molecule has 8 heteroatoms. The van der Waals surface area contributed by atoms with Gasteiger partial charge in [0.1, 0.15) is 23.1 Å². The molecule has 0 spiro atoms. The van der Waals surface area contributed by atoms with E-state index in [4.69, 9.17) is 9.47 Å². The summed E-state index contributed by atoms with van der Waals surface area (Å²) >= 11 is 0. The molecule has 0 saturated carbocycles. The van der Waals surface area contributed by atoms with Crippen molar-refractivity contribution in [2.24, 2.45) is 0 Å². The maximum absolute atomic E-state index is 14.1. The molecule has 0 radical (unpaired) electrons. The molecule has 1 N–H and O–H groups in total. The van der Waals surface area contributed by atoms with Crippen LogP contribution in [0.1, 0.15) is 21.5 Å². The van der Waals surface area contributed by atoms with Crippen molar-refractivity contribution in [3.63, 3.8) is 0 Å². The zero-order valence-corrected chi connectivity index (χ0v) is 17.6. The third kappa shape index (κ3) is 4.39. The SMILES string of the molecule is COc1ccc(CNC(=O)c2ccc3ncn(Cc4ccc(F)cc4F)c3c2)c(OC)c1. The third-order valence-corrected chi connectivity index (χ3v) is 5.17. The van der Waals surface area contributed by atoms with Crippen LogP contribution < -0.4 is 14.8 Å². The first-order valence-electron chi connectivity index (χ1n) is 9.86. The van der Waals surface area contributed by atoms with Gasteiger partial charge in [0.2, 0.25) is 0 Å². The number of ether oxygens (including phenoxy) is 2. The predicted molar refractivity (Wildman–Crippen MR) is 116 cm³/mol. The molecule has 0 aliphatic heterocycles. The van der Waals surface area contributed by atoms with Crippen molar-refractivity contribution in [2.75, 3.05) is 14.2 Å². The van der Waals surface area contributed by atoms with Crippen molar-refractivity contribution in [2.45, 2.75) is 13.1 Å². The maximum atomic E-state index is 14.1. The van der Waals surface area contributed by atoms with Crippen LogP contribution in [0.25, 0.3) is 11.0 Å². The first-order valence-corrected chi connectivity index (χ1v) is 9.86. The highest BCUT2D eigenvalue weighted by molar-refractivity contribution is 5.97. The number of fused-ring (bicyclic) bond motifs is 1. The Balaban J connectivity index is 1.53. The summed E-state index contributed by atoms with van der Waals surface area (Å²) in [5, 5.41) is 2.88. The van der Waals surface area contributed by atoms with Crippen LogP contribution in [0, 0.1) is 11.6 Å². The summed E-state index contributed by atoms with van der Waals surface area (Å²) in [5.74, 6) is -0.262. The monoisotopic (exact) mass is 437 g/mol. The number of imidazole rings is 1. The quantitative estimate of drug-likeness (QED) is 0.468. The Labute approximate surface area is 183 Å². The molecule has 6 nitrogen and oxygen atoms in total. The van der Waals surface area contributed by atoms with E-state index < -0.39 is 11.6 Å². The Hall–Kier alpha value is -3.94. The van der Waals surface area contributed by atoms with Gasteiger partial charge in [-0.2, -0.15) is 0 Å². The van der Waals surface area contributed by atoms with Crippen LogP contribution >= 0.6 is 0 Å². The van der Waals surface area contributed by atoms with Crippen molar-refractivity contribution in [3.05, 3.63) is 89.2 Å². The van der Waals surface area contributed by atoms with Crippen molar-refractivity contribution >= 4 is 16.9 Å². The minimum atomic E-state index is -0.630. The molecular formula is C24H21F2N3O3. The summed E-state index contributed by atoms with van der Waals surface area (Å²) < 4.78 is 39.5. The average molecular weight is 437 g/mol. The lowest BCUT2D eigenvalue weighted by molar-refractivity contribution is 0.0951. The van der Waals surface area contributed by atoms with Gasteiger partial charge < -0.3 is 19.4 Å². The lowest BCUT2D eigenvalue weighted by Gasteiger charge is -2.12. The van der Waals surface area contributed by atoms with Crippen LogP contribution in [0.2, 0.25) is 0 Å². The van der Waals surface area contributed by atoms with Gasteiger partial charge in [0.05, 0.1) is 38.1 Å². The van der Waals surface area contributed by atoms with Crippen LogP contribution in [0.15, 0.2) is 60.9 Å². The zero-order valence-electron chi connectivity index (χ0n) is 17.6. The highest BCUT2D eigenvalue weighted by atomic mass is 19.1. The van der Waals surface area contributed by atoms with E-state index in [1.165, 1.54) is 12.1 Å². The van der Waals surface area contributed by atoms with E-state index in [0.29, 0.717) is 33.7 Å². The average Bonchev–Trinajstić information content (AvgIpc) is 3.21. The Kier molecular flexibility index (Phi) is 6.02. The van der Waals surface area contributed by atoms with E-state index in [1.807, 2.05) is 6.07 Å². The first kappa shape index (κ1) is 21.3. The number of benzene rings is 3. The second kappa shape index (κ2) is 9.05. The highest BCUT2D eigenvalue weighted by Crippen LogP contribution is 2.24. The van der Waals surface area contributed by atoms with Crippen LogP contribution in [0.3, 0.4) is 0 Å². The number of aromatic nitrogens is 2. The van der Waals surface area contributed by atoms with Gasteiger partial charge in [0.15, 0.2) is 0 Å². The molecule has 0 atom stereocenters. The fourth-order valence-corrected chi connectivity index (χ4v) is 3.43. The number of nitrogens with zero attached hydrogens (tertiary/aromatic N) is 2. The van der Waals surface area contributed by atoms with E-state index in [2.05, 4.69) is 10.3 Å². The van der Waals surface area contributed by atoms with Gasteiger partial charge in [-0.25, -0.2) is 13.8 Å². The first-order chi connectivity index (χ1) is 15.5. The van der Waals surface area contributed by atoms with Crippen LogP contribution in [-0.4, -0.2) is 29.7 Å². The summed E-state index contributed by atoms with van der Waals surface area (Å²) in [4.78, 5) is 17.1. The molecule has 1 heterocycles. The number of hydrogen-bond donors (Lipinski definition) is 1. The Bertz CT molecular complexity index is 1290. The molecular weight excluding hydrogens is 416 g/mol. The normalized spacial score (nSPS) is 10.9. The standard InChI is InChI=1S/C24H21F2N3O3/c1-31-19-7-4-16(23(11-19)32-2)12-27-24(30)15-5-8-21-22(9-15)29(14-28-21)13-17-3-6-18(25)10-20(17)26/h3-11,14H,12-13H2,1-2H3,(H,27,30). The molecule has 4 aromatic rings. The third-order valence-electron chi connectivity index (χ3n) is 5.17. The minimum Gasteiger partial charge on any atom is -0.497 e. The molecule has 3 aromatic carbocycles. The number of methoxy groups -OCH3 is 2. The van der Waals surface area contributed by atoms with Gasteiger partial charge in [0, 0.05) is 35.4 Å².